The Kier molecular flexibility index (Phi) is 7.46. The van der Waals surface area contributed by atoms with E-state index in [1.54, 1.807) is 31.9 Å². The van der Waals surface area contributed by atoms with Crippen molar-refractivity contribution in [3.05, 3.63) is 56.6 Å². The van der Waals surface area contributed by atoms with Crippen LogP contribution in [0.3, 0.4) is 0 Å². The summed E-state index contributed by atoms with van der Waals surface area (Å²) in [5.41, 5.74) is 0.560. The minimum Gasteiger partial charge on any atom is -0.492 e. The fraction of sp³-hybridized carbons (Fsp3) is 0.500. The van der Waals surface area contributed by atoms with Crippen molar-refractivity contribution in [3.63, 3.8) is 0 Å². The Bertz CT molecular complexity index is 1490. The van der Waals surface area contributed by atoms with E-state index in [1.165, 1.54) is 33.0 Å². The van der Waals surface area contributed by atoms with Crippen LogP contribution in [-0.2, 0) is 38.2 Å². The van der Waals surface area contributed by atoms with Gasteiger partial charge in [-0.3, -0.25) is 29.0 Å². The average Bonchev–Trinajstić information content (AvgIpc) is 2.96. The summed E-state index contributed by atoms with van der Waals surface area (Å²) in [5, 5.41) is 23.3. The second kappa shape index (κ2) is 10.5. The number of carbonyl (C=O) groups excluding carboxylic acids is 5. The average molecular weight is 583 g/mol. The topological polar surface area (TPSA) is 160 Å². The predicted molar refractivity (Wildman–Crippen MR) is 145 cm³/mol. The van der Waals surface area contributed by atoms with Crippen LogP contribution >= 0.6 is 0 Å². The van der Waals surface area contributed by atoms with Crippen LogP contribution in [0.2, 0.25) is 0 Å². The number of hydrogen-bond donors (Lipinski definition) is 2. The molecule has 1 fully saturated rings. The number of esters is 1. The van der Waals surface area contributed by atoms with Gasteiger partial charge in [-0.05, 0) is 41.2 Å². The molecule has 224 valence electrons. The summed E-state index contributed by atoms with van der Waals surface area (Å²) in [7, 11) is 4.18. The number of methoxy groups -OCH3 is 2. The molecule has 0 spiro atoms. The first-order valence-corrected chi connectivity index (χ1v) is 13.6. The lowest BCUT2D eigenvalue weighted by Gasteiger charge is -2.61. The molecule has 0 radical (unpaired) electrons. The van der Waals surface area contributed by atoms with Crippen molar-refractivity contribution < 1.29 is 48.4 Å². The standard InChI is InChI=1S/C30H34N2O10/c1-8-11(2)30(39)42-10-16-17-14(22(33)12(3)27(40-6)25(17)36)9-15-20-18-19(23(34)13(4)28(41-7)26(18)37)24(35)21(31(20)5)29(38)32(15)16/h8,15-16,20-21,24,29,35,38H,9-10H2,1-7H3/b11-8-/t15-,16-,20+,21+,24-,29-/m0/s1. The highest BCUT2D eigenvalue weighted by molar-refractivity contribution is 6.26. The Morgan fingerprint density at radius 2 is 1.50 bits per heavy atom. The van der Waals surface area contributed by atoms with E-state index in [2.05, 4.69) is 0 Å². The molecule has 0 aromatic heterocycles. The Morgan fingerprint density at radius 3 is 2.07 bits per heavy atom. The van der Waals surface area contributed by atoms with E-state index in [1.807, 2.05) is 0 Å². The Morgan fingerprint density at radius 1 is 0.929 bits per heavy atom. The number of rotatable bonds is 5. The molecule has 2 bridgehead atoms. The highest BCUT2D eigenvalue weighted by atomic mass is 16.5. The van der Waals surface area contributed by atoms with Crippen LogP contribution < -0.4 is 0 Å². The van der Waals surface area contributed by atoms with Gasteiger partial charge in [-0.2, -0.15) is 0 Å². The number of likely N-dealkylation sites (N-methyl/N-ethyl adjacent to an activating group) is 1. The zero-order valence-electron chi connectivity index (χ0n) is 24.5. The normalized spacial score (nSPS) is 32.3. The van der Waals surface area contributed by atoms with Gasteiger partial charge in [0.25, 0.3) is 0 Å². The molecule has 3 aliphatic heterocycles. The number of ketones is 4. The Balaban J connectivity index is 1.70. The summed E-state index contributed by atoms with van der Waals surface area (Å²) in [5.74, 6) is -3.10. The molecular weight excluding hydrogens is 548 g/mol. The third-order valence-electron chi connectivity index (χ3n) is 9.22. The van der Waals surface area contributed by atoms with E-state index >= 15 is 0 Å². The first kappa shape index (κ1) is 29.8. The fourth-order valence-corrected chi connectivity index (χ4v) is 7.06. The van der Waals surface area contributed by atoms with E-state index in [9.17, 15) is 34.2 Å². The zero-order chi connectivity index (χ0) is 30.9. The number of carbonyl (C=O) groups is 5. The molecule has 2 aliphatic carbocycles. The molecule has 0 saturated carbocycles. The molecule has 0 unspecified atom stereocenters. The van der Waals surface area contributed by atoms with Gasteiger partial charge >= 0.3 is 5.97 Å². The number of aliphatic hydroxyl groups excluding tert-OH is 2. The molecular formula is C30H34N2O10. The summed E-state index contributed by atoms with van der Waals surface area (Å²) in [6, 6.07) is -3.93. The summed E-state index contributed by atoms with van der Waals surface area (Å²) >= 11 is 0. The minimum absolute atomic E-state index is 0.0135. The molecule has 0 amide bonds. The van der Waals surface area contributed by atoms with E-state index in [4.69, 9.17) is 14.2 Å². The van der Waals surface area contributed by atoms with Crippen LogP contribution in [-0.4, -0.2) is 113 Å². The number of aliphatic hydroxyl groups is 2. The minimum atomic E-state index is -1.56. The van der Waals surface area contributed by atoms with E-state index in [0.717, 1.165) is 0 Å². The van der Waals surface area contributed by atoms with Crippen LogP contribution in [0, 0.1) is 0 Å². The lowest BCUT2D eigenvalue weighted by atomic mass is 9.68. The molecule has 3 heterocycles. The van der Waals surface area contributed by atoms with E-state index in [-0.39, 0.29) is 51.4 Å². The lowest BCUT2D eigenvalue weighted by Crippen LogP contribution is -2.77. The van der Waals surface area contributed by atoms with Crippen LogP contribution in [0.25, 0.3) is 0 Å². The summed E-state index contributed by atoms with van der Waals surface area (Å²) in [6.07, 6.45) is -1.55. The molecule has 2 N–H and O–H groups in total. The largest absolute Gasteiger partial charge is 0.492 e. The maximum Gasteiger partial charge on any atom is 0.333 e. The molecule has 0 aromatic rings. The second-order valence-corrected chi connectivity index (χ2v) is 11.1. The smallest absolute Gasteiger partial charge is 0.333 e. The maximum atomic E-state index is 13.8. The van der Waals surface area contributed by atoms with Gasteiger partial charge in [0.05, 0.1) is 32.3 Å². The van der Waals surface area contributed by atoms with Gasteiger partial charge in [-0.25, -0.2) is 4.79 Å². The van der Waals surface area contributed by atoms with Crippen LogP contribution in [0.1, 0.15) is 34.1 Å². The monoisotopic (exact) mass is 582 g/mol. The number of piperazine rings is 1. The van der Waals surface area contributed by atoms with Gasteiger partial charge in [0.1, 0.15) is 18.9 Å². The molecule has 12 heteroatoms. The Labute approximate surface area is 242 Å². The van der Waals surface area contributed by atoms with Gasteiger partial charge in [-0.15, -0.1) is 0 Å². The summed E-state index contributed by atoms with van der Waals surface area (Å²) in [4.78, 5) is 70.5. The molecule has 5 aliphatic rings. The molecule has 12 nitrogen and oxygen atoms in total. The molecule has 0 aromatic carbocycles. The van der Waals surface area contributed by atoms with Crippen molar-refractivity contribution in [1.82, 2.24) is 9.80 Å². The third-order valence-corrected chi connectivity index (χ3v) is 9.22. The fourth-order valence-electron chi connectivity index (χ4n) is 7.06. The first-order valence-electron chi connectivity index (χ1n) is 13.6. The van der Waals surface area contributed by atoms with Gasteiger partial charge in [-0.1, -0.05) is 6.08 Å². The van der Waals surface area contributed by atoms with Crippen molar-refractivity contribution in [2.75, 3.05) is 27.9 Å². The number of hydrogen-bond acceptors (Lipinski definition) is 12. The molecule has 42 heavy (non-hydrogen) atoms. The predicted octanol–water partition coefficient (Wildman–Crippen LogP) is 0.0518. The van der Waals surface area contributed by atoms with Crippen molar-refractivity contribution in [2.45, 2.75) is 70.6 Å². The third kappa shape index (κ3) is 3.93. The van der Waals surface area contributed by atoms with Crippen molar-refractivity contribution in [3.8, 4) is 0 Å². The molecule has 1 saturated heterocycles. The summed E-state index contributed by atoms with van der Waals surface area (Å²) in [6.45, 7) is 5.74. The zero-order valence-corrected chi connectivity index (χ0v) is 24.5. The van der Waals surface area contributed by atoms with Crippen LogP contribution in [0.5, 0.6) is 0 Å². The highest BCUT2D eigenvalue weighted by Gasteiger charge is 2.62. The van der Waals surface area contributed by atoms with Gasteiger partial charge in [0, 0.05) is 45.1 Å². The summed E-state index contributed by atoms with van der Waals surface area (Å²) < 4.78 is 16.2. The number of allylic oxidation sites excluding steroid dienone is 5. The van der Waals surface area contributed by atoms with Gasteiger partial charge < -0.3 is 24.4 Å². The lowest BCUT2D eigenvalue weighted by molar-refractivity contribution is -0.187. The second-order valence-electron chi connectivity index (χ2n) is 11.1. The number of ether oxygens (including phenoxy) is 3. The molecule has 5 rings (SSSR count). The Hall–Kier alpha value is -3.71. The maximum absolute atomic E-state index is 13.8. The van der Waals surface area contributed by atoms with Crippen molar-refractivity contribution >= 4 is 29.1 Å². The van der Waals surface area contributed by atoms with E-state index < -0.39 is 72.2 Å². The SMILES string of the molecule is C/C=C(/C)C(=O)OC[C@H]1C2=C(C[C@H]3[C@@H]4C5=C(C(=O)C(C)=C(OC)C5=O)[C@H](O)[C@H]([C@H](O)N13)N4C)C(=O)C(C)=C(OC)C2=O. The van der Waals surface area contributed by atoms with Gasteiger partial charge in [0.2, 0.25) is 11.6 Å². The van der Waals surface area contributed by atoms with Crippen molar-refractivity contribution in [2.24, 2.45) is 0 Å². The number of fused-ring (bicyclic) bond motifs is 5. The van der Waals surface area contributed by atoms with Crippen LogP contribution in [0.4, 0.5) is 0 Å². The molecule has 6 atom stereocenters. The number of Topliss-reactive ketones (excluding diaryl/α,β-unsaturated/α-hetero) is 4. The van der Waals surface area contributed by atoms with Crippen molar-refractivity contribution in [1.29, 1.82) is 0 Å². The first-order chi connectivity index (χ1) is 19.8. The van der Waals surface area contributed by atoms with Gasteiger partial charge in [0.15, 0.2) is 23.1 Å². The highest BCUT2D eigenvalue weighted by Crippen LogP contribution is 2.48. The van der Waals surface area contributed by atoms with Crippen LogP contribution in [0.15, 0.2) is 56.6 Å². The number of nitrogens with zero attached hydrogens (tertiary/aromatic N) is 2. The quantitative estimate of drug-likeness (QED) is 0.255. The van der Waals surface area contributed by atoms with E-state index in [0.29, 0.717) is 5.57 Å².